The highest BCUT2D eigenvalue weighted by atomic mass is 16.5. The second kappa shape index (κ2) is 9.71. The van der Waals surface area contributed by atoms with E-state index in [-0.39, 0.29) is 17.7 Å². The van der Waals surface area contributed by atoms with Gasteiger partial charge in [-0.3, -0.25) is 19.2 Å². The molecule has 1 atom stereocenters. The fraction of sp³-hybridized carbons (Fsp3) is 0.762. The van der Waals surface area contributed by atoms with Crippen LogP contribution in [0.4, 0.5) is 0 Å². The topological polar surface area (TPSA) is 70.9 Å². The predicted molar refractivity (Wildman–Crippen MR) is 108 cm³/mol. The number of nitrogens with zero attached hydrogens (tertiary/aromatic N) is 5. The van der Waals surface area contributed by atoms with E-state index in [2.05, 4.69) is 10.00 Å². The largest absolute Gasteiger partial charge is 0.379 e. The Kier molecular flexibility index (Phi) is 6.82. The van der Waals surface area contributed by atoms with Crippen LogP contribution in [0.25, 0.3) is 0 Å². The standard InChI is InChI=1S/C21H33N5O3/c27-20-3-2-19(17-25(20)11-10-23-12-14-29-15-13-23)21(28)24-8-4-18(5-9-24)16-26-7-1-6-22-26/h1,6-7,18-19H,2-5,8-17H2/t19-/m1/s1. The van der Waals surface area contributed by atoms with Gasteiger partial charge in [-0.2, -0.15) is 5.10 Å². The van der Waals surface area contributed by atoms with Gasteiger partial charge in [0.05, 0.1) is 19.1 Å². The minimum absolute atomic E-state index is 0.0416. The Morgan fingerprint density at radius 1 is 1.10 bits per heavy atom. The maximum absolute atomic E-state index is 13.1. The van der Waals surface area contributed by atoms with Crippen molar-refractivity contribution in [3.8, 4) is 0 Å². The van der Waals surface area contributed by atoms with E-state index in [1.165, 1.54) is 0 Å². The summed E-state index contributed by atoms with van der Waals surface area (Å²) in [5.41, 5.74) is 0. The van der Waals surface area contributed by atoms with Gasteiger partial charge in [-0.25, -0.2) is 0 Å². The number of hydrogen-bond acceptors (Lipinski definition) is 5. The van der Waals surface area contributed by atoms with Gasteiger partial charge >= 0.3 is 0 Å². The Balaban J connectivity index is 1.23. The minimum atomic E-state index is -0.0416. The molecule has 3 aliphatic heterocycles. The molecule has 1 aromatic rings. The smallest absolute Gasteiger partial charge is 0.227 e. The van der Waals surface area contributed by atoms with Crippen molar-refractivity contribution in [2.45, 2.75) is 32.2 Å². The molecule has 3 fully saturated rings. The molecule has 0 aromatic carbocycles. The van der Waals surface area contributed by atoms with Crippen LogP contribution >= 0.6 is 0 Å². The second-order valence-electron chi connectivity index (χ2n) is 8.53. The number of aromatic nitrogens is 2. The van der Waals surface area contributed by atoms with Gasteiger partial charge in [-0.1, -0.05) is 0 Å². The van der Waals surface area contributed by atoms with E-state index in [1.54, 1.807) is 0 Å². The van der Waals surface area contributed by atoms with E-state index in [0.29, 0.717) is 31.8 Å². The van der Waals surface area contributed by atoms with Crippen LogP contribution in [0.2, 0.25) is 0 Å². The van der Waals surface area contributed by atoms with Crippen LogP contribution in [0.15, 0.2) is 18.5 Å². The molecule has 0 aliphatic carbocycles. The lowest BCUT2D eigenvalue weighted by molar-refractivity contribution is -0.144. The van der Waals surface area contributed by atoms with Gasteiger partial charge in [0.15, 0.2) is 0 Å². The molecule has 160 valence electrons. The molecule has 8 nitrogen and oxygen atoms in total. The molecule has 1 aromatic heterocycles. The van der Waals surface area contributed by atoms with Gasteiger partial charge in [-0.05, 0) is 31.2 Å². The molecule has 2 amide bonds. The van der Waals surface area contributed by atoms with Crippen LogP contribution in [-0.4, -0.2) is 95.3 Å². The molecule has 3 saturated heterocycles. The van der Waals surface area contributed by atoms with E-state index in [0.717, 1.165) is 65.3 Å². The van der Waals surface area contributed by atoms with Crippen molar-refractivity contribution in [1.82, 2.24) is 24.5 Å². The molecule has 0 bridgehead atoms. The molecule has 3 aliphatic rings. The normalized spacial score (nSPS) is 24.8. The SMILES string of the molecule is O=C1CC[C@@H](C(=O)N2CCC(Cn3cccn3)CC2)CN1CCN1CCOCC1. The lowest BCUT2D eigenvalue weighted by atomic mass is 9.92. The monoisotopic (exact) mass is 403 g/mol. The third kappa shape index (κ3) is 5.36. The molecule has 0 N–H and O–H groups in total. The van der Waals surface area contributed by atoms with Crippen molar-refractivity contribution >= 4 is 11.8 Å². The molecule has 0 radical (unpaired) electrons. The Bertz CT molecular complexity index is 666. The highest BCUT2D eigenvalue weighted by molar-refractivity contribution is 5.84. The fourth-order valence-corrected chi connectivity index (χ4v) is 4.69. The molecular weight excluding hydrogens is 370 g/mol. The van der Waals surface area contributed by atoms with Crippen molar-refractivity contribution in [3.63, 3.8) is 0 Å². The fourth-order valence-electron chi connectivity index (χ4n) is 4.69. The first kappa shape index (κ1) is 20.3. The van der Waals surface area contributed by atoms with E-state index >= 15 is 0 Å². The maximum Gasteiger partial charge on any atom is 0.227 e. The first-order chi connectivity index (χ1) is 14.2. The average molecular weight is 404 g/mol. The highest BCUT2D eigenvalue weighted by Crippen LogP contribution is 2.24. The van der Waals surface area contributed by atoms with Crippen molar-refractivity contribution < 1.29 is 14.3 Å². The van der Waals surface area contributed by atoms with E-state index < -0.39 is 0 Å². The highest BCUT2D eigenvalue weighted by Gasteiger charge is 2.34. The third-order valence-corrected chi connectivity index (χ3v) is 6.57. The van der Waals surface area contributed by atoms with Crippen molar-refractivity contribution in [2.75, 3.05) is 59.0 Å². The van der Waals surface area contributed by atoms with Crippen molar-refractivity contribution in [2.24, 2.45) is 11.8 Å². The number of likely N-dealkylation sites (tertiary alicyclic amines) is 2. The zero-order chi connectivity index (χ0) is 20.1. The van der Waals surface area contributed by atoms with Crippen LogP contribution in [0, 0.1) is 11.8 Å². The summed E-state index contributed by atoms with van der Waals surface area (Å²) < 4.78 is 7.38. The van der Waals surface area contributed by atoms with Gasteiger partial charge in [0, 0.05) is 71.2 Å². The molecule has 8 heteroatoms. The Morgan fingerprint density at radius 3 is 2.62 bits per heavy atom. The molecular formula is C21H33N5O3. The summed E-state index contributed by atoms with van der Waals surface area (Å²) in [6, 6.07) is 1.95. The van der Waals surface area contributed by atoms with Crippen LogP contribution in [0.1, 0.15) is 25.7 Å². The molecule has 4 heterocycles. The van der Waals surface area contributed by atoms with Gasteiger partial charge in [0.2, 0.25) is 11.8 Å². The van der Waals surface area contributed by atoms with Crippen LogP contribution in [-0.2, 0) is 20.9 Å². The van der Waals surface area contributed by atoms with Crippen molar-refractivity contribution in [3.05, 3.63) is 18.5 Å². The van der Waals surface area contributed by atoms with Gasteiger partial charge in [0.1, 0.15) is 0 Å². The molecule has 29 heavy (non-hydrogen) atoms. The second-order valence-corrected chi connectivity index (χ2v) is 8.53. The molecule has 0 saturated carbocycles. The number of morpholine rings is 1. The summed E-state index contributed by atoms with van der Waals surface area (Å²) >= 11 is 0. The molecule has 4 rings (SSSR count). The van der Waals surface area contributed by atoms with Gasteiger partial charge in [0.25, 0.3) is 0 Å². The Morgan fingerprint density at radius 2 is 1.90 bits per heavy atom. The van der Waals surface area contributed by atoms with Gasteiger partial charge < -0.3 is 14.5 Å². The molecule has 0 spiro atoms. The summed E-state index contributed by atoms with van der Waals surface area (Å²) in [6.07, 6.45) is 7.06. The van der Waals surface area contributed by atoms with E-state index in [9.17, 15) is 9.59 Å². The first-order valence-electron chi connectivity index (χ1n) is 11.0. The number of carbonyl (C=O) groups excluding carboxylic acids is 2. The predicted octanol–water partition coefficient (Wildman–Crippen LogP) is 0.693. The van der Waals surface area contributed by atoms with E-state index in [4.69, 9.17) is 4.74 Å². The number of amides is 2. The Labute approximate surface area is 172 Å². The number of carbonyl (C=O) groups is 2. The summed E-state index contributed by atoms with van der Waals surface area (Å²) in [4.78, 5) is 31.7. The minimum Gasteiger partial charge on any atom is -0.379 e. The summed E-state index contributed by atoms with van der Waals surface area (Å²) in [6.45, 7) is 8.14. The zero-order valence-corrected chi connectivity index (χ0v) is 17.2. The number of rotatable bonds is 6. The maximum atomic E-state index is 13.1. The zero-order valence-electron chi connectivity index (χ0n) is 17.2. The van der Waals surface area contributed by atoms with Gasteiger partial charge in [-0.15, -0.1) is 0 Å². The van der Waals surface area contributed by atoms with E-state index in [1.807, 2.05) is 32.9 Å². The number of ether oxygens (including phenoxy) is 1. The van der Waals surface area contributed by atoms with Crippen LogP contribution < -0.4 is 0 Å². The number of hydrogen-bond donors (Lipinski definition) is 0. The van der Waals surface area contributed by atoms with Crippen LogP contribution in [0.3, 0.4) is 0 Å². The summed E-state index contributed by atoms with van der Waals surface area (Å²) in [5, 5.41) is 4.29. The summed E-state index contributed by atoms with van der Waals surface area (Å²) in [7, 11) is 0. The summed E-state index contributed by atoms with van der Waals surface area (Å²) in [5.74, 6) is 0.976. The third-order valence-electron chi connectivity index (χ3n) is 6.57. The number of piperidine rings is 2. The lowest BCUT2D eigenvalue weighted by Crippen LogP contribution is -2.51. The first-order valence-corrected chi connectivity index (χ1v) is 11.0. The lowest BCUT2D eigenvalue weighted by Gasteiger charge is -2.38. The Hall–Kier alpha value is -1.93. The van der Waals surface area contributed by atoms with Crippen molar-refractivity contribution in [1.29, 1.82) is 0 Å². The molecule has 0 unspecified atom stereocenters. The average Bonchev–Trinajstić information content (AvgIpc) is 3.27. The van der Waals surface area contributed by atoms with Crippen LogP contribution in [0.5, 0.6) is 0 Å². The quantitative estimate of drug-likeness (QED) is 0.699.